The molecule has 4 heteroatoms. The number of nitrogens with zero attached hydrogens (tertiary/aromatic N) is 1. The van der Waals surface area contributed by atoms with E-state index in [9.17, 15) is 14.7 Å². The van der Waals surface area contributed by atoms with Gasteiger partial charge in [-0.15, -0.1) is 0 Å². The van der Waals surface area contributed by atoms with Gasteiger partial charge in [0, 0.05) is 36.5 Å². The maximum Gasteiger partial charge on any atom is 0.192 e. The summed E-state index contributed by atoms with van der Waals surface area (Å²) in [5, 5.41) is 10.5. The van der Waals surface area contributed by atoms with Crippen LogP contribution >= 0.6 is 0 Å². The molecule has 1 atom stereocenters. The molecule has 0 saturated heterocycles. The molecule has 2 aromatic carbocycles. The number of benzene rings is 2. The van der Waals surface area contributed by atoms with Crippen LogP contribution in [0.2, 0.25) is 0 Å². The predicted molar refractivity (Wildman–Crippen MR) is 88.9 cm³/mol. The number of allylic oxidation sites excluding steroid dienone is 1. The molecule has 1 N–H and O–H groups in total. The van der Waals surface area contributed by atoms with Gasteiger partial charge < -0.3 is 10.0 Å². The first-order valence-electron chi connectivity index (χ1n) is 7.34. The zero-order chi connectivity index (χ0) is 16.6. The molecule has 23 heavy (non-hydrogen) atoms. The minimum atomic E-state index is -1.11. The highest BCUT2D eigenvalue weighted by Crippen LogP contribution is 2.30. The van der Waals surface area contributed by atoms with E-state index in [0.29, 0.717) is 16.7 Å². The molecule has 116 valence electrons. The zero-order valence-corrected chi connectivity index (χ0v) is 13.0. The fourth-order valence-electron chi connectivity index (χ4n) is 2.67. The summed E-state index contributed by atoms with van der Waals surface area (Å²) in [6, 6.07) is 13.9. The van der Waals surface area contributed by atoms with E-state index in [1.54, 1.807) is 36.4 Å². The van der Waals surface area contributed by atoms with Crippen LogP contribution in [-0.4, -0.2) is 30.8 Å². The molecule has 0 amide bonds. The molecule has 3 rings (SSSR count). The Hall–Kier alpha value is -2.72. The van der Waals surface area contributed by atoms with Crippen molar-refractivity contribution < 1.29 is 14.7 Å². The van der Waals surface area contributed by atoms with Gasteiger partial charge in [0.25, 0.3) is 0 Å². The van der Waals surface area contributed by atoms with Gasteiger partial charge in [-0.25, -0.2) is 0 Å². The molecule has 0 bridgehead atoms. The summed E-state index contributed by atoms with van der Waals surface area (Å²) in [4.78, 5) is 26.7. The third-order valence-electron chi connectivity index (χ3n) is 4.01. The first-order chi connectivity index (χ1) is 11.0. The molecule has 0 unspecified atom stereocenters. The Morgan fingerprint density at radius 1 is 0.913 bits per heavy atom. The fraction of sp³-hybridized carbons (Fsp3) is 0.158. The Bertz CT molecular complexity index is 804. The number of ketones is 2. The van der Waals surface area contributed by atoms with Gasteiger partial charge in [-0.1, -0.05) is 36.4 Å². The number of rotatable bonds is 3. The highest BCUT2D eigenvalue weighted by molar-refractivity contribution is 6.24. The van der Waals surface area contributed by atoms with Crippen LogP contribution in [0.4, 0.5) is 5.69 Å². The van der Waals surface area contributed by atoms with Crippen molar-refractivity contribution in [1.82, 2.24) is 0 Å². The molecule has 0 spiro atoms. The monoisotopic (exact) mass is 307 g/mol. The number of aliphatic hydroxyl groups is 1. The molecule has 0 saturated carbocycles. The Morgan fingerprint density at radius 2 is 1.52 bits per heavy atom. The largest absolute Gasteiger partial charge is 0.384 e. The van der Waals surface area contributed by atoms with E-state index >= 15 is 0 Å². The standard InChI is InChI=1S/C19H17NO3/c1-20(2)13-9-7-12(8-10-13)18(22)16-11-17(21)14-5-3-4-6-15(14)19(16)23/h3-11,18,22H,1-2H3/t18-/m1/s1. The van der Waals surface area contributed by atoms with E-state index in [1.807, 2.05) is 31.1 Å². The van der Waals surface area contributed by atoms with Crippen molar-refractivity contribution in [3.05, 3.63) is 76.9 Å². The van der Waals surface area contributed by atoms with Gasteiger partial charge in [-0.2, -0.15) is 0 Å². The van der Waals surface area contributed by atoms with Crippen molar-refractivity contribution in [3.8, 4) is 0 Å². The van der Waals surface area contributed by atoms with E-state index in [2.05, 4.69) is 0 Å². The van der Waals surface area contributed by atoms with Crippen molar-refractivity contribution in [2.24, 2.45) is 0 Å². The normalized spacial score (nSPS) is 15.0. The number of carbonyl (C=O) groups excluding carboxylic acids is 2. The number of carbonyl (C=O) groups is 2. The molecule has 0 aliphatic heterocycles. The number of fused-ring (bicyclic) bond motifs is 1. The number of Topliss-reactive ketones (excluding diaryl/α,β-unsaturated/α-hetero) is 1. The highest BCUT2D eigenvalue weighted by atomic mass is 16.3. The fourth-order valence-corrected chi connectivity index (χ4v) is 2.67. The first kappa shape index (κ1) is 15.2. The summed E-state index contributed by atoms with van der Waals surface area (Å²) >= 11 is 0. The van der Waals surface area contributed by atoms with Crippen LogP contribution in [0.5, 0.6) is 0 Å². The second-order valence-corrected chi connectivity index (χ2v) is 5.73. The van der Waals surface area contributed by atoms with Gasteiger partial charge in [-0.05, 0) is 23.8 Å². The third-order valence-corrected chi connectivity index (χ3v) is 4.01. The molecule has 2 aromatic rings. The van der Waals surface area contributed by atoms with Gasteiger partial charge >= 0.3 is 0 Å². The second-order valence-electron chi connectivity index (χ2n) is 5.73. The Labute approximate surface area is 134 Å². The van der Waals surface area contributed by atoms with Crippen LogP contribution in [0.15, 0.2) is 60.2 Å². The van der Waals surface area contributed by atoms with Crippen LogP contribution in [0.1, 0.15) is 32.4 Å². The van der Waals surface area contributed by atoms with Gasteiger partial charge in [-0.3, -0.25) is 9.59 Å². The summed E-state index contributed by atoms with van der Waals surface area (Å²) in [7, 11) is 3.85. The van der Waals surface area contributed by atoms with Gasteiger partial charge in [0.1, 0.15) is 6.10 Å². The second kappa shape index (κ2) is 5.82. The lowest BCUT2D eigenvalue weighted by molar-refractivity contribution is 0.0947. The van der Waals surface area contributed by atoms with Crippen LogP contribution in [0, 0.1) is 0 Å². The van der Waals surface area contributed by atoms with Crippen LogP contribution in [0.3, 0.4) is 0 Å². The molecule has 0 radical (unpaired) electrons. The molecule has 4 nitrogen and oxygen atoms in total. The predicted octanol–water partition coefficient (Wildman–Crippen LogP) is 2.79. The quantitative estimate of drug-likeness (QED) is 0.947. The van der Waals surface area contributed by atoms with E-state index < -0.39 is 6.10 Å². The van der Waals surface area contributed by atoms with Crippen molar-refractivity contribution in [2.75, 3.05) is 19.0 Å². The minimum Gasteiger partial charge on any atom is -0.384 e. The summed E-state index contributed by atoms with van der Waals surface area (Å²) < 4.78 is 0. The van der Waals surface area contributed by atoms with E-state index in [0.717, 1.165) is 5.69 Å². The molecule has 0 fully saturated rings. The molecular formula is C19H17NO3. The van der Waals surface area contributed by atoms with Crippen molar-refractivity contribution in [2.45, 2.75) is 6.10 Å². The van der Waals surface area contributed by atoms with Crippen LogP contribution < -0.4 is 4.90 Å². The zero-order valence-electron chi connectivity index (χ0n) is 13.0. The maximum absolute atomic E-state index is 12.6. The van der Waals surface area contributed by atoms with E-state index in [1.165, 1.54) is 6.08 Å². The number of anilines is 1. The highest BCUT2D eigenvalue weighted by Gasteiger charge is 2.29. The smallest absolute Gasteiger partial charge is 0.192 e. The summed E-state index contributed by atoms with van der Waals surface area (Å²) in [5.74, 6) is -0.552. The number of hydrogen-bond acceptors (Lipinski definition) is 4. The Morgan fingerprint density at radius 3 is 2.13 bits per heavy atom. The summed E-state index contributed by atoms with van der Waals surface area (Å²) in [6.45, 7) is 0. The number of hydrogen-bond donors (Lipinski definition) is 1. The van der Waals surface area contributed by atoms with Crippen molar-refractivity contribution in [3.63, 3.8) is 0 Å². The van der Waals surface area contributed by atoms with Crippen LogP contribution in [0.25, 0.3) is 0 Å². The maximum atomic E-state index is 12.6. The third kappa shape index (κ3) is 2.69. The average Bonchev–Trinajstić information content (AvgIpc) is 2.57. The van der Waals surface area contributed by atoms with Gasteiger partial charge in [0.05, 0.1) is 0 Å². The molecule has 1 aliphatic carbocycles. The molecule has 0 aromatic heterocycles. The van der Waals surface area contributed by atoms with Crippen LogP contribution in [-0.2, 0) is 0 Å². The number of aliphatic hydroxyl groups excluding tert-OH is 1. The van der Waals surface area contributed by atoms with E-state index in [-0.39, 0.29) is 17.1 Å². The molecule has 0 heterocycles. The van der Waals surface area contributed by atoms with Gasteiger partial charge in [0.2, 0.25) is 0 Å². The molecule has 1 aliphatic rings. The van der Waals surface area contributed by atoms with Crippen molar-refractivity contribution in [1.29, 1.82) is 0 Å². The lowest BCUT2D eigenvalue weighted by Crippen LogP contribution is -2.21. The Balaban J connectivity index is 1.95. The lowest BCUT2D eigenvalue weighted by Gasteiger charge is -2.20. The average molecular weight is 307 g/mol. The summed E-state index contributed by atoms with van der Waals surface area (Å²) in [5.41, 5.74) is 2.43. The SMILES string of the molecule is CN(C)c1ccc([C@@H](O)C2=CC(=O)c3ccccc3C2=O)cc1. The van der Waals surface area contributed by atoms with Crippen molar-refractivity contribution >= 4 is 17.3 Å². The first-order valence-corrected chi connectivity index (χ1v) is 7.34. The molecular weight excluding hydrogens is 290 g/mol. The van der Waals surface area contributed by atoms with E-state index in [4.69, 9.17) is 0 Å². The minimum absolute atomic E-state index is 0.117. The lowest BCUT2D eigenvalue weighted by atomic mass is 9.85. The Kier molecular flexibility index (Phi) is 3.84. The summed E-state index contributed by atoms with van der Waals surface area (Å²) in [6.07, 6.45) is 0.130. The topological polar surface area (TPSA) is 57.6 Å². The van der Waals surface area contributed by atoms with Gasteiger partial charge in [0.15, 0.2) is 11.6 Å².